The first kappa shape index (κ1) is 12.9. The molecule has 0 spiro atoms. The molecule has 0 aliphatic rings. The minimum Gasteiger partial charge on any atom is -0.271 e. The van der Waals surface area contributed by atoms with Crippen molar-refractivity contribution in [2.75, 3.05) is 0 Å². The zero-order valence-corrected chi connectivity index (χ0v) is 8.61. The molecule has 0 heterocycles. The zero-order chi connectivity index (χ0) is 12.3. The van der Waals surface area contributed by atoms with Crippen LogP contribution in [-0.2, 0) is 6.42 Å². The van der Waals surface area contributed by atoms with E-state index in [0.717, 1.165) is 6.07 Å². The van der Waals surface area contributed by atoms with E-state index in [1.54, 1.807) is 12.3 Å². The van der Waals surface area contributed by atoms with Crippen LogP contribution in [-0.4, -0.2) is 12.2 Å². The first-order valence-corrected chi connectivity index (χ1v) is 4.62. The molecule has 90 valence electrons. The van der Waals surface area contributed by atoms with Crippen molar-refractivity contribution in [1.82, 2.24) is 5.43 Å². The summed E-state index contributed by atoms with van der Waals surface area (Å²) in [7, 11) is 0. The van der Waals surface area contributed by atoms with Gasteiger partial charge in [0.1, 0.15) is 11.9 Å². The maximum absolute atomic E-state index is 12.7. The topological polar surface area (TPSA) is 38.0 Å². The third-order valence-corrected chi connectivity index (χ3v) is 2.32. The van der Waals surface area contributed by atoms with E-state index in [1.165, 1.54) is 12.1 Å². The average molecular weight is 236 g/mol. The SMILES string of the molecule is Cc1cc(F)ccc1CC(NN)C(F)(F)F. The zero-order valence-electron chi connectivity index (χ0n) is 8.61. The van der Waals surface area contributed by atoms with Gasteiger partial charge in [0, 0.05) is 0 Å². The van der Waals surface area contributed by atoms with Crippen LogP contribution in [0.15, 0.2) is 18.2 Å². The molecule has 1 atom stereocenters. The molecular formula is C10H12F4N2. The van der Waals surface area contributed by atoms with Crippen molar-refractivity contribution in [1.29, 1.82) is 0 Å². The Hall–Kier alpha value is -1.14. The van der Waals surface area contributed by atoms with Crippen LogP contribution >= 0.6 is 0 Å². The van der Waals surface area contributed by atoms with E-state index >= 15 is 0 Å². The summed E-state index contributed by atoms with van der Waals surface area (Å²) in [5.41, 5.74) is 2.61. The number of benzene rings is 1. The van der Waals surface area contributed by atoms with Crippen molar-refractivity contribution in [3.05, 3.63) is 35.1 Å². The van der Waals surface area contributed by atoms with Gasteiger partial charge in [-0.05, 0) is 36.6 Å². The predicted molar refractivity (Wildman–Crippen MR) is 52.0 cm³/mol. The Morgan fingerprint density at radius 2 is 2.00 bits per heavy atom. The Balaban J connectivity index is 2.86. The van der Waals surface area contributed by atoms with Gasteiger partial charge in [0.2, 0.25) is 0 Å². The highest BCUT2D eigenvalue weighted by atomic mass is 19.4. The number of nitrogens with one attached hydrogen (secondary N) is 1. The number of hydrogen-bond donors (Lipinski definition) is 2. The number of alkyl halides is 3. The molecule has 0 radical (unpaired) electrons. The molecule has 0 amide bonds. The minimum atomic E-state index is -4.42. The van der Waals surface area contributed by atoms with Gasteiger partial charge in [-0.3, -0.25) is 5.84 Å². The van der Waals surface area contributed by atoms with Crippen molar-refractivity contribution < 1.29 is 17.6 Å². The van der Waals surface area contributed by atoms with E-state index in [-0.39, 0.29) is 6.42 Å². The smallest absolute Gasteiger partial charge is 0.271 e. The molecule has 3 N–H and O–H groups in total. The molecule has 0 saturated carbocycles. The molecular weight excluding hydrogens is 224 g/mol. The van der Waals surface area contributed by atoms with E-state index in [9.17, 15) is 17.6 Å². The van der Waals surface area contributed by atoms with Crippen LogP contribution in [0.3, 0.4) is 0 Å². The van der Waals surface area contributed by atoms with Crippen LogP contribution in [0.2, 0.25) is 0 Å². The average Bonchev–Trinajstić information content (AvgIpc) is 2.14. The maximum Gasteiger partial charge on any atom is 0.405 e. The van der Waals surface area contributed by atoms with Crippen LogP contribution in [0.25, 0.3) is 0 Å². The lowest BCUT2D eigenvalue weighted by Crippen LogP contribution is -2.47. The molecule has 0 bridgehead atoms. The fourth-order valence-electron chi connectivity index (χ4n) is 1.38. The van der Waals surface area contributed by atoms with Crippen LogP contribution in [0, 0.1) is 12.7 Å². The van der Waals surface area contributed by atoms with E-state index < -0.39 is 18.0 Å². The Labute approximate surface area is 90.4 Å². The number of aryl methyl sites for hydroxylation is 1. The highest BCUT2D eigenvalue weighted by molar-refractivity contribution is 5.27. The van der Waals surface area contributed by atoms with Crippen LogP contribution < -0.4 is 11.3 Å². The highest BCUT2D eigenvalue weighted by Crippen LogP contribution is 2.23. The lowest BCUT2D eigenvalue weighted by molar-refractivity contribution is -0.155. The van der Waals surface area contributed by atoms with Crippen LogP contribution in [0.4, 0.5) is 17.6 Å². The molecule has 0 aliphatic carbocycles. The maximum atomic E-state index is 12.7. The van der Waals surface area contributed by atoms with Crippen molar-refractivity contribution >= 4 is 0 Å². The van der Waals surface area contributed by atoms with Gasteiger partial charge < -0.3 is 0 Å². The summed E-state index contributed by atoms with van der Waals surface area (Å²) in [6.45, 7) is 1.56. The molecule has 16 heavy (non-hydrogen) atoms. The summed E-state index contributed by atoms with van der Waals surface area (Å²) in [5.74, 6) is 4.38. The first-order valence-electron chi connectivity index (χ1n) is 4.62. The lowest BCUT2D eigenvalue weighted by atomic mass is 10.0. The first-order chi connectivity index (χ1) is 7.34. The Kier molecular flexibility index (Phi) is 3.88. The molecule has 0 aliphatic heterocycles. The second-order valence-electron chi connectivity index (χ2n) is 3.54. The summed E-state index contributed by atoms with van der Waals surface area (Å²) in [5, 5.41) is 0. The number of hydrazine groups is 1. The van der Waals surface area contributed by atoms with E-state index in [4.69, 9.17) is 5.84 Å². The van der Waals surface area contributed by atoms with Crippen LogP contribution in [0.1, 0.15) is 11.1 Å². The molecule has 0 aromatic heterocycles. The third kappa shape index (κ3) is 3.18. The summed E-state index contributed by atoms with van der Waals surface area (Å²) < 4.78 is 49.9. The second kappa shape index (κ2) is 4.80. The highest BCUT2D eigenvalue weighted by Gasteiger charge is 2.38. The summed E-state index contributed by atoms with van der Waals surface area (Å²) in [4.78, 5) is 0. The van der Waals surface area contributed by atoms with E-state index in [0.29, 0.717) is 11.1 Å². The predicted octanol–water partition coefficient (Wildman–Crippen LogP) is 2.07. The molecule has 1 unspecified atom stereocenters. The van der Waals surface area contributed by atoms with Crippen molar-refractivity contribution in [2.45, 2.75) is 25.6 Å². The van der Waals surface area contributed by atoms with Gasteiger partial charge in [-0.1, -0.05) is 6.07 Å². The van der Waals surface area contributed by atoms with E-state index in [1.807, 2.05) is 0 Å². The van der Waals surface area contributed by atoms with Crippen molar-refractivity contribution in [2.24, 2.45) is 5.84 Å². The summed E-state index contributed by atoms with van der Waals surface area (Å²) in [6.07, 6.45) is -4.73. The quantitative estimate of drug-likeness (QED) is 0.479. The fourth-order valence-corrected chi connectivity index (χ4v) is 1.38. The molecule has 2 nitrogen and oxygen atoms in total. The van der Waals surface area contributed by atoms with Crippen LogP contribution in [0.5, 0.6) is 0 Å². The number of hydrogen-bond acceptors (Lipinski definition) is 2. The van der Waals surface area contributed by atoms with Gasteiger partial charge in [0.25, 0.3) is 0 Å². The molecule has 6 heteroatoms. The van der Waals surface area contributed by atoms with Gasteiger partial charge >= 0.3 is 6.18 Å². The van der Waals surface area contributed by atoms with Gasteiger partial charge in [-0.2, -0.15) is 13.2 Å². The molecule has 0 saturated heterocycles. The number of rotatable bonds is 3. The molecule has 1 aromatic carbocycles. The molecule has 1 rings (SSSR count). The Bertz CT molecular complexity index is 362. The molecule has 1 aromatic rings. The number of halogens is 4. The molecule has 0 fully saturated rings. The van der Waals surface area contributed by atoms with Gasteiger partial charge in [-0.15, -0.1) is 0 Å². The summed E-state index contributed by atoms with van der Waals surface area (Å²) >= 11 is 0. The van der Waals surface area contributed by atoms with Crippen molar-refractivity contribution in [3.8, 4) is 0 Å². The van der Waals surface area contributed by atoms with Gasteiger partial charge in [0.15, 0.2) is 0 Å². The summed E-state index contributed by atoms with van der Waals surface area (Å²) in [6, 6.07) is 1.84. The van der Waals surface area contributed by atoms with Gasteiger partial charge in [-0.25, -0.2) is 9.82 Å². The monoisotopic (exact) mass is 236 g/mol. The standard InChI is InChI=1S/C10H12F4N2/c1-6-4-8(11)3-2-7(6)5-9(16-15)10(12,13)14/h2-4,9,16H,5,15H2,1H3. The second-order valence-corrected chi connectivity index (χ2v) is 3.54. The third-order valence-electron chi connectivity index (χ3n) is 2.32. The largest absolute Gasteiger partial charge is 0.405 e. The van der Waals surface area contributed by atoms with E-state index in [2.05, 4.69) is 0 Å². The Morgan fingerprint density at radius 3 is 2.44 bits per heavy atom. The Morgan fingerprint density at radius 1 is 1.38 bits per heavy atom. The minimum absolute atomic E-state index is 0.313. The van der Waals surface area contributed by atoms with Gasteiger partial charge in [0.05, 0.1) is 0 Å². The normalized spacial score (nSPS) is 13.9. The van der Waals surface area contributed by atoms with Crippen molar-refractivity contribution in [3.63, 3.8) is 0 Å². The fraction of sp³-hybridized carbons (Fsp3) is 0.400. The number of nitrogens with two attached hydrogens (primary N) is 1. The lowest BCUT2D eigenvalue weighted by Gasteiger charge is -2.20.